The van der Waals surface area contributed by atoms with Gasteiger partial charge < -0.3 is 5.11 Å². The van der Waals surface area contributed by atoms with E-state index >= 15 is 0 Å². The zero-order valence-electron chi connectivity index (χ0n) is 9.11. The summed E-state index contributed by atoms with van der Waals surface area (Å²) in [4.78, 5) is 22.8. The maximum Gasteiger partial charge on any atom is 0.308 e. The molecule has 1 aliphatic carbocycles. The van der Waals surface area contributed by atoms with Gasteiger partial charge in [-0.25, -0.2) is 12.7 Å². The lowest BCUT2D eigenvalue weighted by molar-refractivity contribution is -0.138. The first-order valence-corrected chi connectivity index (χ1v) is 6.79. The number of amides is 1. The number of carboxylic acid groups (broad SMARTS) is 1. The Bertz CT molecular complexity index is 666. The minimum atomic E-state index is -3.88. The van der Waals surface area contributed by atoms with Crippen LogP contribution in [-0.2, 0) is 14.8 Å². The van der Waals surface area contributed by atoms with E-state index in [9.17, 15) is 18.0 Å². The summed E-state index contributed by atoms with van der Waals surface area (Å²) in [5.74, 6) is -2.48. The Labute approximate surface area is 103 Å². The van der Waals surface area contributed by atoms with Gasteiger partial charge in [0, 0.05) is 0 Å². The van der Waals surface area contributed by atoms with Gasteiger partial charge in [-0.05, 0) is 18.6 Å². The molecule has 0 saturated heterocycles. The van der Waals surface area contributed by atoms with Crippen LogP contribution in [-0.4, -0.2) is 35.7 Å². The topological polar surface area (TPSA) is 91.8 Å². The average molecular weight is 267 g/mol. The third-order valence-corrected chi connectivity index (χ3v) is 5.10. The van der Waals surface area contributed by atoms with E-state index in [2.05, 4.69) is 0 Å². The smallest absolute Gasteiger partial charge is 0.308 e. The van der Waals surface area contributed by atoms with Crippen LogP contribution in [0.1, 0.15) is 16.8 Å². The van der Waals surface area contributed by atoms with Gasteiger partial charge in [-0.15, -0.1) is 0 Å². The monoisotopic (exact) mass is 267 g/mol. The molecule has 1 fully saturated rings. The van der Waals surface area contributed by atoms with Crippen molar-refractivity contribution in [1.29, 1.82) is 0 Å². The quantitative estimate of drug-likeness (QED) is 0.832. The summed E-state index contributed by atoms with van der Waals surface area (Å²) in [6, 6.07) is 5.17. The van der Waals surface area contributed by atoms with Gasteiger partial charge in [-0.1, -0.05) is 12.1 Å². The minimum absolute atomic E-state index is 0.0361. The second-order valence-electron chi connectivity index (χ2n) is 4.35. The van der Waals surface area contributed by atoms with Crippen molar-refractivity contribution in [3.05, 3.63) is 29.8 Å². The second-order valence-corrected chi connectivity index (χ2v) is 6.13. The molecule has 2 unspecified atom stereocenters. The Hall–Kier alpha value is -1.89. The van der Waals surface area contributed by atoms with E-state index < -0.39 is 33.9 Å². The lowest BCUT2D eigenvalue weighted by atomic mass is 10.2. The number of carboxylic acids is 1. The lowest BCUT2D eigenvalue weighted by Crippen LogP contribution is -2.34. The molecule has 2 atom stereocenters. The predicted molar refractivity (Wildman–Crippen MR) is 59.3 cm³/mol. The summed E-state index contributed by atoms with van der Waals surface area (Å²) >= 11 is 0. The molecule has 18 heavy (non-hydrogen) atoms. The normalized spacial score (nSPS) is 28.0. The number of nitrogens with zero attached hydrogens (tertiary/aromatic N) is 1. The number of aliphatic carboxylic acids is 1. The van der Waals surface area contributed by atoms with E-state index in [0.29, 0.717) is 0 Å². The first-order valence-electron chi connectivity index (χ1n) is 5.35. The molecule has 1 heterocycles. The van der Waals surface area contributed by atoms with Crippen molar-refractivity contribution in [3.8, 4) is 0 Å². The summed E-state index contributed by atoms with van der Waals surface area (Å²) in [7, 11) is -3.88. The molecule has 1 aromatic rings. The molecule has 94 valence electrons. The molecule has 7 heteroatoms. The highest BCUT2D eigenvalue weighted by atomic mass is 32.2. The number of sulfonamides is 1. The Morgan fingerprint density at radius 3 is 2.56 bits per heavy atom. The maximum atomic E-state index is 12.2. The molecule has 2 aliphatic rings. The SMILES string of the molecule is O=C(O)C1CC1N1C(=O)c2ccccc2S1(=O)=O. The summed E-state index contributed by atoms with van der Waals surface area (Å²) in [6.07, 6.45) is 0.189. The maximum absolute atomic E-state index is 12.2. The van der Waals surface area contributed by atoms with Crippen LogP contribution in [0, 0.1) is 5.92 Å². The van der Waals surface area contributed by atoms with Gasteiger partial charge in [0.05, 0.1) is 17.5 Å². The van der Waals surface area contributed by atoms with Gasteiger partial charge in [-0.2, -0.15) is 0 Å². The van der Waals surface area contributed by atoms with Gasteiger partial charge in [0.15, 0.2) is 0 Å². The van der Waals surface area contributed by atoms with Crippen molar-refractivity contribution < 1.29 is 23.1 Å². The molecule has 1 saturated carbocycles. The second kappa shape index (κ2) is 3.32. The van der Waals surface area contributed by atoms with Crippen molar-refractivity contribution in [3.63, 3.8) is 0 Å². The van der Waals surface area contributed by atoms with E-state index in [1.807, 2.05) is 0 Å². The van der Waals surface area contributed by atoms with E-state index in [-0.39, 0.29) is 16.9 Å². The molecule has 1 N–H and O–H groups in total. The van der Waals surface area contributed by atoms with Crippen molar-refractivity contribution >= 4 is 21.9 Å². The molecule has 1 aliphatic heterocycles. The molecular formula is C11H9NO5S. The van der Waals surface area contributed by atoms with Crippen molar-refractivity contribution in [2.75, 3.05) is 0 Å². The standard InChI is InChI=1S/C11H9NO5S/c13-10-6-3-1-2-4-9(6)18(16,17)12(10)8-5-7(8)11(14)15/h1-4,7-8H,5H2,(H,14,15). The molecule has 1 amide bonds. The van der Waals surface area contributed by atoms with Crippen LogP contribution in [0.5, 0.6) is 0 Å². The third-order valence-electron chi connectivity index (χ3n) is 3.23. The van der Waals surface area contributed by atoms with Gasteiger partial charge in [0.1, 0.15) is 4.90 Å². The fourth-order valence-electron chi connectivity index (χ4n) is 2.24. The number of rotatable bonds is 2. The molecule has 0 aromatic heterocycles. The van der Waals surface area contributed by atoms with Crippen LogP contribution in [0.2, 0.25) is 0 Å². The van der Waals surface area contributed by atoms with E-state index in [1.165, 1.54) is 18.2 Å². The Balaban J connectivity index is 2.06. The number of hydrogen-bond acceptors (Lipinski definition) is 4. The number of fused-ring (bicyclic) bond motifs is 1. The number of carbonyl (C=O) groups is 2. The zero-order chi connectivity index (χ0) is 13.1. The highest BCUT2D eigenvalue weighted by Gasteiger charge is 2.56. The summed E-state index contributed by atoms with van der Waals surface area (Å²) in [5, 5.41) is 8.82. The lowest BCUT2D eigenvalue weighted by Gasteiger charge is -2.13. The average Bonchev–Trinajstić information content (AvgIpc) is 3.05. The number of benzene rings is 1. The largest absolute Gasteiger partial charge is 0.481 e. The Kier molecular flexibility index (Phi) is 2.07. The van der Waals surface area contributed by atoms with Crippen LogP contribution in [0.3, 0.4) is 0 Å². The molecule has 0 spiro atoms. The first-order chi connectivity index (χ1) is 8.44. The highest BCUT2D eigenvalue weighted by molar-refractivity contribution is 7.90. The minimum Gasteiger partial charge on any atom is -0.481 e. The van der Waals surface area contributed by atoms with Crippen molar-refractivity contribution in [1.82, 2.24) is 4.31 Å². The van der Waals surface area contributed by atoms with Crippen LogP contribution in [0.15, 0.2) is 29.2 Å². The van der Waals surface area contributed by atoms with Crippen LogP contribution < -0.4 is 0 Å². The van der Waals surface area contributed by atoms with E-state index in [0.717, 1.165) is 4.31 Å². The van der Waals surface area contributed by atoms with Crippen molar-refractivity contribution in [2.24, 2.45) is 5.92 Å². The fraction of sp³-hybridized carbons (Fsp3) is 0.273. The molecule has 3 rings (SSSR count). The van der Waals surface area contributed by atoms with Gasteiger partial charge in [0.2, 0.25) is 0 Å². The highest BCUT2D eigenvalue weighted by Crippen LogP contribution is 2.43. The van der Waals surface area contributed by atoms with Crippen LogP contribution in [0.25, 0.3) is 0 Å². The molecule has 6 nitrogen and oxygen atoms in total. The van der Waals surface area contributed by atoms with Crippen LogP contribution in [0.4, 0.5) is 0 Å². The van der Waals surface area contributed by atoms with Crippen molar-refractivity contribution in [2.45, 2.75) is 17.4 Å². The van der Waals surface area contributed by atoms with Gasteiger partial charge in [0.25, 0.3) is 15.9 Å². The van der Waals surface area contributed by atoms with E-state index in [1.54, 1.807) is 6.07 Å². The molecule has 1 aromatic carbocycles. The molecule has 0 bridgehead atoms. The third kappa shape index (κ3) is 1.30. The van der Waals surface area contributed by atoms with E-state index in [4.69, 9.17) is 5.11 Å². The van der Waals surface area contributed by atoms with Crippen LogP contribution >= 0.6 is 0 Å². The number of hydrogen-bond donors (Lipinski definition) is 1. The summed E-state index contributed by atoms with van der Waals surface area (Å²) in [5.41, 5.74) is 0.119. The summed E-state index contributed by atoms with van der Waals surface area (Å²) < 4.78 is 25.0. The number of carbonyl (C=O) groups excluding carboxylic acids is 1. The summed E-state index contributed by atoms with van der Waals surface area (Å²) in [6.45, 7) is 0. The first kappa shape index (κ1) is 11.2. The van der Waals surface area contributed by atoms with Gasteiger partial charge in [-0.3, -0.25) is 9.59 Å². The molecule has 0 radical (unpaired) electrons. The Morgan fingerprint density at radius 1 is 1.33 bits per heavy atom. The van der Waals surface area contributed by atoms with Gasteiger partial charge >= 0.3 is 5.97 Å². The molecular weight excluding hydrogens is 258 g/mol. The Morgan fingerprint density at radius 2 is 2.00 bits per heavy atom. The predicted octanol–water partition coefficient (Wildman–Crippen LogP) is 0.304. The zero-order valence-corrected chi connectivity index (χ0v) is 9.92. The fourth-order valence-corrected chi connectivity index (χ4v) is 4.04.